The Morgan fingerprint density at radius 2 is 1.88 bits per heavy atom. The largest absolute Gasteiger partial charge is 0.462 e. The Bertz CT molecular complexity index is 1020. The molecule has 2 rings (SSSR count). The SMILES string of the molecule is CCOC(=O)c1c(C)[nH]c(C(=O)/C=C/c2cn(C)c(=O)n(C)c2=O)c1C. The molecule has 0 atom stereocenters. The zero-order chi connectivity index (χ0) is 19.6. The number of ketones is 1. The van der Waals surface area contributed by atoms with Crippen LogP contribution in [0.1, 0.15) is 44.6 Å². The van der Waals surface area contributed by atoms with Crippen molar-refractivity contribution in [3.05, 3.63) is 61.2 Å². The highest BCUT2D eigenvalue weighted by atomic mass is 16.5. The van der Waals surface area contributed by atoms with Gasteiger partial charge in [-0.2, -0.15) is 0 Å². The van der Waals surface area contributed by atoms with E-state index in [1.165, 1.54) is 37.0 Å². The van der Waals surface area contributed by atoms with Crippen molar-refractivity contribution in [2.75, 3.05) is 6.61 Å². The van der Waals surface area contributed by atoms with Crippen molar-refractivity contribution in [3.63, 3.8) is 0 Å². The van der Waals surface area contributed by atoms with Gasteiger partial charge in [0.1, 0.15) is 0 Å². The first-order valence-corrected chi connectivity index (χ1v) is 8.04. The molecule has 2 aromatic heterocycles. The molecule has 2 aromatic rings. The number of H-pyrrole nitrogens is 1. The highest BCUT2D eigenvalue weighted by Gasteiger charge is 2.21. The van der Waals surface area contributed by atoms with Gasteiger partial charge in [0.05, 0.1) is 23.4 Å². The van der Waals surface area contributed by atoms with Gasteiger partial charge in [-0.3, -0.25) is 14.2 Å². The summed E-state index contributed by atoms with van der Waals surface area (Å²) >= 11 is 0. The Kier molecular flexibility index (Phi) is 5.44. The van der Waals surface area contributed by atoms with Gasteiger partial charge in [-0.1, -0.05) is 0 Å². The average molecular weight is 359 g/mol. The van der Waals surface area contributed by atoms with Gasteiger partial charge in [-0.25, -0.2) is 9.59 Å². The molecule has 8 heteroatoms. The van der Waals surface area contributed by atoms with Crippen LogP contribution in [-0.2, 0) is 18.8 Å². The van der Waals surface area contributed by atoms with Crippen LogP contribution in [0.5, 0.6) is 0 Å². The molecule has 0 aliphatic carbocycles. The van der Waals surface area contributed by atoms with Gasteiger partial charge in [-0.15, -0.1) is 0 Å². The highest BCUT2D eigenvalue weighted by molar-refractivity contribution is 6.08. The lowest BCUT2D eigenvalue weighted by Gasteiger charge is -2.03. The van der Waals surface area contributed by atoms with Gasteiger partial charge >= 0.3 is 11.7 Å². The van der Waals surface area contributed by atoms with Crippen LogP contribution >= 0.6 is 0 Å². The van der Waals surface area contributed by atoms with E-state index in [4.69, 9.17) is 4.74 Å². The van der Waals surface area contributed by atoms with Crippen molar-refractivity contribution in [2.24, 2.45) is 14.1 Å². The molecule has 26 heavy (non-hydrogen) atoms. The van der Waals surface area contributed by atoms with Crippen molar-refractivity contribution >= 4 is 17.8 Å². The molecular weight excluding hydrogens is 338 g/mol. The minimum atomic E-state index is -0.497. The normalized spacial score (nSPS) is 11.1. The van der Waals surface area contributed by atoms with Crippen LogP contribution in [0.3, 0.4) is 0 Å². The second-order valence-corrected chi connectivity index (χ2v) is 5.89. The number of allylic oxidation sites excluding steroid dienone is 1. The summed E-state index contributed by atoms with van der Waals surface area (Å²) in [7, 11) is 2.89. The third-order valence-electron chi connectivity index (χ3n) is 4.05. The zero-order valence-electron chi connectivity index (χ0n) is 15.4. The molecule has 0 saturated heterocycles. The van der Waals surface area contributed by atoms with Gasteiger partial charge in [0, 0.05) is 26.0 Å². The molecule has 0 bridgehead atoms. The number of rotatable bonds is 5. The molecule has 8 nitrogen and oxygen atoms in total. The molecular formula is C18H21N3O5. The van der Waals surface area contributed by atoms with E-state index in [9.17, 15) is 19.2 Å². The molecule has 0 amide bonds. The summed E-state index contributed by atoms with van der Waals surface area (Å²) in [5.74, 6) is -0.884. The van der Waals surface area contributed by atoms with Crippen LogP contribution in [0, 0.1) is 13.8 Å². The number of carbonyl (C=O) groups is 2. The Balaban J connectivity index is 2.39. The quantitative estimate of drug-likeness (QED) is 0.489. The first-order chi connectivity index (χ1) is 12.2. The molecule has 2 heterocycles. The highest BCUT2D eigenvalue weighted by Crippen LogP contribution is 2.20. The fourth-order valence-corrected chi connectivity index (χ4v) is 2.71. The lowest BCUT2D eigenvalue weighted by molar-refractivity contribution is 0.0525. The third-order valence-corrected chi connectivity index (χ3v) is 4.05. The van der Waals surface area contributed by atoms with Crippen LogP contribution in [0.15, 0.2) is 21.9 Å². The molecule has 0 unspecified atom stereocenters. The summed E-state index contributed by atoms with van der Waals surface area (Å²) in [6.45, 7) is 5.28. The monoisotopic (exact) mass is 359 g/mol. The standard InChI is InChI=1S/C18H21N3O5/c1-6-26-17(24)14-10(2)15(19-11(14)3)13(22)8-7-12-9-20(4)18(25)21(5)16(12)23/h7-9,19H,6H2,1-5H3/b8-7+. The number of hydrogen-bond acceptors (Lipinski definition) is 5. The smallest absolute Gasteiger partial charge is 0.340 e. The number of esters is 1. The molecule has 138 valence electrons. The van der Waals surface area contributed by atoms with E-state index in [-0.39, 0.29) is 17.9 Å². The van der Waals surface area contributed by atoms with E-state index in [1.54, 1.807) is 20.8 Å². The predicted molar refractivity (Wildman–Crippen MR) is 96.5 cm³/mol. The van der Waals surface area contributed by atoms with E-state index < -0.39 is 23.0 Å². The summed E-state index contributed by atoms with van der Waals surface area (Å²) in [6.07, 6.45) is 3.95. The minimum absolute atomic E-state index is 0.203. The van der Waals surface area contributed by atoms with E-state index in [2.05, 4.69) is 4.98 Å². The number of aromatic nitrogens is 3. The van der Waals surface area contributed by atoms with Gasteiger partial charge in [0.15, 0.2) is 0 Å². The predicted octanol–water partition coefficient (Wildman–Crippen LogP) is 1.10. The van der Waals surface area contributed by atoms with E-state index in [0.29, 0.717) is 16.8 Å². The maximum absolute atomic E-state index is 12.5. The fourth-order valence-electron chi connectivity index (χ4n) is 2.71. The number of aromatic amines is 1. The van der Waals surface area contributed by atoms with Crippen LogP contribution in [0.4, 0.5) is 0 Å². The second kappa shape index (κ2) is 7.38. The number of nitrogens with one attached hydrogen (secondary N) is 1. The summed E-state index contributed by atoms with van der Waals surface area (Å²) < 4.78 is 7.22. The maximum Gasteiger partial charge on any atom is 0.340 e. The Hall–Kier alpha value is -3.16. The van der Waals surface area contributed by atoms with Crippen molar-refractivity contribution in [2.45, 2.75) is 20.8 Å². The Labute approximate surface area is 149 Å². The van der Waals surface area contributed by atoms with Gasteiger partial charge in [0.25, 0.3) is 5.56 Å². The summed E-state index contributed by atoms with van der Waals surface area (Å²) in [5, 5.41) is 0. The summed E-state index contributed by atoms with van der Waals surface area (Å²) in [4.78, 5) is 51.2. The lowest BCUT2D eigenvalue weighted by atomic mass is 10.1. The minimum Gasteiger partial charge on any atom is -0.462 e. The Morgan fingerprint density at radius 3 is 2.50 bits per heavy atom. The molecule has 0 spiro atoms. The number of nitrogens with zero attached hydrogens (tertiary/aromatic N) is 2. The molecule has 0 aliphatic heterocycles. The average Bonchev–Trinajstić information content (AvgIpc) is 2.89. The van der Waals surface area contributed by atoms with Crippen LogP contribution in [0.25, 0.3) is 6.08 Å². The number of ether oxygens (including phenoxy) is 1. The van der Waals surface area contributed by atoms with E-state index >= 15 is 0 Å². The zero-order valence-corrected chi connectivity index (χ0v) is 15.4. The van der Waals surface area contributed by atoms with Crippen molar-refractivity contribution in [1.29, 1.82) is 0 Å². The lowest BCUT2D eigenvalue weighted by Crippen LogP contribution is -2.37. The maximum atomic E-state index is 12.5. The molecule has 0 aliphatic rings. The fraction of sp³-hybridized carbons (Fsp3) is 0.333. The summed E-state index contributed by atoms with van der Waals surface area (Å²) in [6, 6.07) is 0. The first kappa shape index (κ1) is 19.2. The van der Waals surface area contributed by atoms with Crippen molar-refractivity contribution in [1.82, 2.24) is 14.1 Å². The van der Waals surface area contributed by atoms with E-state index in [1.807, 2.05) is 0 Å². The second-order valence-electron chi connectivity index (χ2n) is 5.89. The third kappa shape index (κ3) is 3.44. The number of carbonyl (C=O) groups excluding carboxylic acids is 2. The number of hydrogen-bond donors (Lipinski definition) is 1. The van der Waals surface area contributed by atoms with Gasteiger partial charge in [0.2, 0.25) is 5.78 Å². The first-order valence-electron chi connectivity index (χ1n) is 8.04. The molecule has 0 radical (unpaired) electrons. The van der Waals surface area contributed by atoms with Gasteiger partial charge in [-0.05, 0) is 38.5 Å². The number of aryl methyl sites for hydroxylation is 2. The van der Waals surface area contributed by atoms with Crippen LogP contribution in [-0.4, -0.2) is 32.5 Å². The van der Waals surface area contributed by atoms with Crippen molar-refractivity contribution < 1.29 is 14.3 Å². The van der Waals surface area contributed by atoms with Crippen LogP contribution < -0.4 is 11.2 Å². The van der Waals surface area contributed by atoms with Crippen molar-refractivity contribution in [3.8, 4) is 0 Å². The molecule has 1 N–H and O–H groups in total. The van der Waals surface area contributed by atoms with E-state index in [0.717, 1.165) is 4.57 Å². The molecule has 0 fully saturated rings. The Morgan fingerprint density at radius 1 is 1.23 bits per heavy atom. The molecule has 0 aromatic carbocycles. The molecule has 0 saturated carbocycles. The topological polar surface area (TPSA) is 103 Å². The van der Waals surface area contributed by atoms with Crippen LogP contribution in [0.2, 0.25) is 0 Å². The summed E-state index contributed by atoms with van der Waals surface area (Å²) in [5.41, 5.74) is 0.872. The van der Waals surface area contributed by atoms with Gasteiger partial charge < -0.3 is 14.3 Å².